The van der Waals surface area contributed by atoms with Crippen LogP contribution in [0.4, 0.5) is 0 Å². The van der Waals surface area contributed by atoms with Crippen LogP contribution in [0.2, 0.25) is 0 Å². The first-order valence-corrected chi connectivity index (χ1v) is 12.7. The van der Waals surface area contributed by atoms with Crippen molar-refractivity contribution < 1.29 is 0 Å². The minimum atomic E-state index is -0.0329. The quantitative estimate of drug-likeness (QED) is 0.392. The zero-order chi connectivity index (χ0) is 22.8. The van der Waals surface area contributed by atoms with Gasteiger partial charge in [0.1, 0.15) is 0 Å². The SMILES string of the molecule is CCC(c1nnnn1C1CCCC1)N(Cc1cccs1)Cc1cc2ccc(C)cc2[nH]c1=O. The van der Waals surface area contributed by atoms with Crippen molar-refractivity contribution in [3.63, 3.8) is 0 Å². The molecule has 0 saturated heterocycles. The fourth-order valence-corrected chi connectivity index (χ4v) is 5.74. The van der Waals surface area contributed by atoms with Gasteiger partial charge < -0.3 is 4.98 Å². The number of H-pyrrole nitrogens is 1. The summed E-state index contributed by atoms with van der Waals surface area (Å²) in [6, 6.07) is 12.8. The summed E-state index contributed by atoms with van der Waals surface area (Å²) < 4.78 is 2.05. The molecule has 8 heteroatoms. The number of rotatable bonds is 8. The third-order valence-corrected chi connectivity index (χ3v) is 7.57. The summed E-state index contributed by atoms with van der Waals surface area (Å²) in [4.78, 5) is 19.7. The summed E-state index contributed by atoms with van der Waals surface area (Å²) in [6.45, 7) is 5.49. The van der Waals surface area contributed by atoms with Gasteiger partial charge in [-0.25, -0.2) is 4.68 Å². The molecule has 1 aliphatic rings. The van der Waals surface area contributed by atoms with E-state index >= 15 is 0 Å². The standard InChI is InChI=1S/C25H30N6OS/c1-3-23(24-27-28-29-31(24)20-7-4-5-8-20)30(16-21-9-6-12-33-21)15-19-14-18-11-10-17(2)13-22(18)26-25(19)32/h6,9-14,20,23H,3-5,7-8,15-16H2,1-2H3,(H,26,32). The van der Waals surface area contributed by atoms with Crippen molar-refractivity contribution in [3.05, 3.63) is 74.0 Å². The first kappa shape index (κ1) is 22.0. The smallest absolute Gasteiger partial charge is 0.252 e. The Labute approximate surface area is 197 Å². The van der Waals surface area contributed by atoms with E-state index < -0.39 is 0 Å². The van der Waals surface area contributed by atoms with Gasteiger partial charge >= 0.3 is 0 Å². The van der Waals surface area contributed by atoms with Crippen molar-refractivity contribution in [3.8, 4) is 0 Å². The zero-order valence-corrected chi connectivity index (χ0v) is 20.0. The first-order valence-electron chi connectivity index (χ1n) is 11.8. The van der Waals surface area contributed by atoms with Crippen LogP contribution in [0.3, 0.4) is 0 Å². The third-order valence-electron chi connectivity index (χ3n) is 6.71. The monoisotopic (exact) mass is 462 g/mol. The van der Waals surface area contributed by atoms with E-state index in [0.717, 1.165) is 53.7 Å². The molecule has 3 heterocycles. The highest BCUT2D eigenvalue weighted by Gasteiger charge is 2.29. The Bertz CT molecular complexity index is 1270. The molecule has 5 rings (SSSR count). The summed E-state index contributed by atoms with van der Waals surface area (Å²) >= 11 is 1.74. The number of aryl methyl sites for hydroxylation is 1. The van der Waals surface area contributed by atoms with Crippen molar-refractivity contribution in [1.29, 1.82) is 0 Å². The molecule has 3 aromatic heterocycles. The molecular formula is C25H30N6OS. The normalized spacial score (nSPS) is 15.6. The van der Waals surface area contributed by atoms with Crippen molar-refractivity contribution >= 4 is 22.2 Å². The molecule has 0 amide bonds. The van der Waals surface area contributed by atoms with E-state index in [-0.39, 0.29) is 11.6 Å². The Morgan fingerprint density at radius 2 is 2.06 bits per heavy atom. The van der Waals surface area contributed by atoms with Gasteiger partial charge in [-0.05, 0) is 71.1 Å². The molecule has 1 unspecified atom stereocenters. The van der Waals surface area contributed by atoms with E-state index in [0.29, 0.717) is 12.6 Å². The average molecular weight is 463 g/mol. The molecule has 1 aliphatic carbocycles. The van der Waals surface area contributed by atoms with Crippen LogP contribution in [0.5, 0.6) is 0 Å². The highest BCUT2D eigenvalue weighted by Crippen LogP contribution is 2.33. The summed E-state index contributed by atoms with van der Waals surface area (Å²) in [5.74, 6) is 0.911. The number of aromatic nitrogens is 5. The van der Waals surface area contributed by atoms with Gasteiger partial charge in [0, 0.05) is 29.0 Å². The number of thiophene rings is 1. The minimum absolute atomic E-state index is 0.0239. The van der Waals surface area contributed by atoms with Crippen molar-refractivity contribution in [2.45, 2.75) is 71.1 Å². The maximum absolute atomic E-state index is 13.0. The lowest BCUT2D eigenvalue weighted by Gasteiger charge is -2.30. The Morgan fingerprint density at radius 3 is 2.82 bits per heavy atom. The highest BCUT2D eigenvalue weighted by molar-refractivity contribution is 7.09. The summed E-state index contributed by atoms with van der Waals surface area (Å²) in [5, 5.41) is 16.1. The zero-order valence-electron chi connectivity index (χ0n) is 19.2. The largest absolute Gasteiger partial charge is 0.322 e. The van der Waals surface area contributed by atoms with E-state index in [4.69, 9.17) is 0 Å². The Balaban J connectivity index is 1.51. The average Bonchev–Trinajstić information content (AvgIpc) is 3.57. The molecule has 4 aromatic rings. The summed E-state index contributed by atoms with van der Waals surface area (Å²) in [5.41, 5.74) is 2.75. The minimum Gasteiger partial charge on any atom is -0.322 e. The number of tetrazole rings is 1. The van der Waals surface area contributed by atoms with Crippen LogP contribution < -0.4 is 5.56 Å². The molecule has 33 heavy (non-hydrogen) atoms. The highest BCUT2D eigenvalue weighted by atomic mass is 32.1. The Kier molecular flexibility index (Phi) is 6.37. The van der Waals surface area contributed by atoms with E-state index in [1.807, 2.05) is 19.1 Å². The molecule has 0 spiro atoms. The molecule has 1 saturated carbocycles. The number of pyridine rings is 1. The number of aromatic amines is 1. The lowest BCUT2D eigenvalue weighted by atomic mass is 10.1. The molecule has 1 aromatic carbocycles. The third kappa shape index (κ3) is 4.63. The molecule has 7 nitrogen and oxygen atoms in total. The van der Waals surface area contributed by atoms with Gasteiger partial charge in [-0.15, -0.1) is 16.4 Å². The van der Waals surface area contributed by atoms with E-state index in [9.17, 15) is 4.79 Å². The van der Waals surface area contributed by atoms with Gasteiger partial charge in [-0.2, -0.15) is 0 Å². The molecule has 1 N–H and O–H groups in total. The van der Waals surface area contributed by atoms with Gasteiger partial charge in [0.25, 0.3) is 5.56 Å². The van der Waals surface area contributed by atoms with Crippen molar-refractivity contribution in [2.75, 3.05) is 0 Å². The fraction of sp³-hybridized carbons (Fsp3) is 0.440. The molecule has 172 valence electrons. The van der Waals surface area contributed by atoms with Gasteiger partial charge in [0.2, 0.25) is 0 Å². The maximum atomic E-state index is 13.0. The van der Waals surface area contributed by atoms with Crippen LogP contribution in [0.15, 0.2) is 46.6 Å². The second kappa shape index (κ2) is 9.57. The van der Waals surface area contributed by atoms with Crippen LogP contribution in [-0.4, -0.2) is 30.1 Å². The van der Waals surface area contributed by atoms with Crippen LogP contribution in [0, 0.1) is 6.92 Å². The molecule has 0 aliphatic heterocycles. The fourth-order valence-electron chi connectivity index (χ4n) is 5.01. The number of fused-ring (bicyclic) bond motifs is 1. The van der Waals surface area contributed by atoms with E-state index in [1.165, 1.54) is 17.7 Å². The van der Waals surface area contributed by atoms with Crippen molar-refractivity contribution in [1.82, 2.24) is 30.1 Å². The maximum Gasteiger partial charge on any atom is 0.252 e. The second-order valence-electron chi connectivity index (χ2n) is 9.04. The van der Waals surface area contributed by atoms with Crippen LogP contribution in [-0.2, 0) is 13.1 Å². The predicted octanol–water partition coefficient (Wildman–Crippen LogP) is 5.15. The number of benzene rings is 1. The molecule has 0 radical (unpaired) electrons. The Hall–Kier alpha value is -2.84. The van der Waals surface area contributed by atoms with E-state index in [2.05, 4.69) is 66.7 Å². The van der Waals surface area contributed by atoms with E-state index in [1.54, 1.807) is 11.3 Å². The van der Waals surface area contributed by atoms with Crippen LogP contribution in [0.25, 0.3) is 10.9 Å². The van der Waals surface area contributed by atoms with Gasteiger partial charge in [0.05, 0.1) is 12.1 Å². The summed E-state index contributed by atoms with van der Waals surface area (Å²) in [7, 11) is 0. The lowest BCUT2D eigenvalue weighted by Crippen LogP contribution is -2.32. The summed E-state index contributed by atoms with van der Waals surface area (Å²) in [6.07, 6.45) is 5.58. The number of nitrogens with zero attached hydrogens (tertiary/aromatic N) is 5. The topological polar surface area (TPSA) is 79.7 Å². The molecular weight excluding hydrogens is 432 g/mol. The van der Waals surface area contributed by atoms with Gasteiger partial charge in [0.15, 0.2) is 5.82 Å². The molecule has 1 atom stereocenters. The number of hydrogen-bond acceptors (Lipinski definition) is 6. The first-order chi connectivity index (χ1) is 16.1. The second-order valence-corrected chi connectivity index (χ2v) is 10.1. The predicted molar refractivity (Wildman–Crippen MR) is 131 cm³/mol. The van der Waals surface area contributed by atoms with Gasteiger partial charge in [-0.1, -0.05) is 38.0 Å². The van der Waals surface area contributed by atoms with Crippen LogP contribution >= 0.6 is 11.3 Å². The lowest BCUT2D eigenvalue weighted by molar-refractivity contribution is 0.159. The van der Waals surface area contributed by atoms with Gasteiger partial charge in [-0.3, -0.25) is 9.69 Å². The molecule has 0 bridgehead atoms. The van der Waals surface area contributed by atoms with Crippen molar-refractivity contribution in [2.24, 2.45) is 0 Å². The number of nitrogens with one attached hydrogen (secondary N) is 1. The Morgan fingerprint density at radius 1 is 1.21 bits per heavy atom. The van der Waals surface area contributed by atoms with Crippen LogP contribution in [0.1, 0.15) is 72.9 Å². The number of hydrogen-bond donors (Lipinski definition) is 1. The molecule has 1 fully saturated rings.